The highest BCUT2D eigenvalue weighted by Crippen LogP contribution is 2.38. The van der Waals surface area contributed by atoms with Crippen LogP contribution in [0.4, 0.5) is 0 Å². The minimum absolute atomic E-state index is 0.140. The van der Waals surface area contributed by atoms with Gasteiger partial charge in [-0.1, -0.05) is 50.9 Å². The minimum atomic E-state index is 0.140. The van der Waals surface area contributed by atoms with Crippen LogP contribution in [0.2, 0.25) is 0 Å². The van der Waals surface area contributed by atoms with E-state index in [2.05, 4.69) is 68.8 Å². The molecule has 0 aromatic heterocycles. The maximum absolute atomic E-state index is 5.63. The fourth-order valence-corrected chi connectivity index (χ4v) is 3.18. The number of hydrogen-bond donors (Lipinski definition) is 0. The third kappa shape index (κ3) is 8.33. The molecule has 1 fully saturated rings. The van der Waals surface area contributed by atoms with Crippen molar-refractivity contribution in [3.8, 4) is 0 Å². The Labute approximate surface area is 146 Å². The van der Waals surface area contributed by atoms with Crippen LogP contribution in [-0.2, 0) is 4.74 Å². The summed E-state index contributed by atoms with van der Waals surface area (Å²) in [5.74, 6) is 0. The molecule has 1 aliphatic heterocycles. The Morgan fingerprint density at radius 3 is 1.82 bits per heavy atom. The molecule has 0 radical (unpaired) electrons. The first-order chi connectivity index (χ1) is 10.3. The number of allylic oxidation sites excluding steroid dienone is 6. The normalized spacial score (nSPS) is 22.1. The molecule has 1 heterocycles. The quantitative estimate of drug-likeness (QED) is 0.236. The van der Waals surface area contributed by atoms with Crippen LogP contribution < -0.4 is 0 Å². The molecule has 0 unspecified atom stereocenters. The Balaban J connectivity index is 2.16. The fourth-order valence-electron chi connectivity index (χ4n) is 2.63. The van der Waals surface area contributed by atoms with Crippen LogP contribution >= 0.6 is 15.9 Å². The van der Waals surface area contributed by atoms with Crippen molar-refractivity contribution in [3.63, 3.8) is 0 Å². The first-order valence-electron chi connectivity index (χ1n) is 8.56. The lowest BCUT2D eigenvalue weighted by atomic mass is 10.0. The molecule has 22 heavy (non-hydrogen) atoms. The molecule has 1 nitrogen and oxygen atoms in total. The first kappa shape index (κ1) is 19.7. The Morgan fingerprint density at radius 2 is 1.36 bits per heavy atom. The van der Waals surface area contributed by atoms with Crippen LogP contribution in [0, 0.1) is 0 Å². The van der Waals surface area contributed by atoms with Gasteiger partial charge in [0.15, 0.2) is 0 Å². The standard InChI is InChI=1S/C20H33BrO/c1-16(9-7-11-18(3)14-15-21)8-6-10-17(2)12-13-19-20(4,5)22-19/h9-10,14,19H,6-8,11-13,15H2,1-5H3/b16-9+,17-10+,18-14+/t19-/m0/s1. The molecular weight excluding hydrogens is 336 g/mol. The van der Waals surface area contributed by atoms with E-state index in [1.54, 1.807) is 0 Å². The second-order valence-corrected chi connectivity index (χ2v) is 7.78. The van der Waals surface area contributed by atoms with Gasteiger partial charge < -0.3 is 4.74 Å². The highest BCUT2D eigenvalue weighted by atomic mass is 79.9. The summed E-state index contributed by atoms with van der Waals surface area (Å²) in [4.78, 5) is 0. The predicted octanol–water partition coefficient (Wildman–Crippen LogP) is 6.74. The Bertz CT molecular complexity index is 429. The summed E-state index contributed by atoms with van der Waals surface area (Å²) in [6.45, 7) is 11.1. The summed E-state index contributed by atoms with van der Waals surface area (Å²) in [7, 11) is 0. The lowest BCUT2D eigenvalue weighted by Gasteiger charge is -2.03. The first-order valence-corrected chi connectivity index (χ1v) is 9.68. The van der Waals surface area contributed by atoms with E-state index in [1.165, 1.54) is 48.8 Å². The van der Waals surface area contributed by atoms with E-state index in [-0.39, 0.29) is 5.60 Å². The second-order valence-electron chi connectivity index (χ2n) is 7.13. The van der Waals surface area contributed by atoms with Crippen molar-refractivity contribution < 1.29 is 4.74 Å². The lowest BCUT2D eigenvalue weighted by Crippen LogP contribution is -2.02. The Hall–Kier alpha value is -0.340. The van der Waals surface area contributed by atoms with Crippen molar-refractivity contribution in [2.24, 2.45) is 0 Å². The van der Waals surface area contributed by atoms with Crippen molar-refractivity contribution in [3.05, 3.63) is 34.9 Å². The molecule has 0 saturated carbocycles. The van der Waals surface area contributed by atoms with Crippen LogP contribution in [0.3, 0.4) is 0 Å². The molecule has 0 amide bonds. The summed E-state index contributed by atoms with van der Waals surface area (Å²) >= 11 is 3.44. The van der Waals surface area contributed by atoms with Crippen LogP contribution in [0.1, 0.15) is 73.1 Å². The van der Waals surface area contributed by atoms with Gasteiger partial charge in [0.05, 0.1) is 11.7 Å². The zero-order valence-corrected chi connectivity index (χ0v) is 16.6. The van der Waals surface area contributed by atoms with Gasteiger partial charge in [-0.2, -0.15) is 0 Å². The molecule has 0 N–H and O–H groups in total. The third-order valence-corrected chi connectivity index (χ3v) is 4.78. The monoisotopic (exact) mass is 368 g/mol. The zero-order valence-electron chi connectivity index (χ0n) is 15.0. The largest absolute Gasteiger partial charge is 0.367 e. The van der Waals surface area contributed by atoms with Crippen molar-refractivity contribution in [1.29, 1.82) is 0 Å². The molecule has 0 spiro atoms. The number of halogens is 1. The zero-order chi connectivity index (χ0) is 16.6. The maximum Gasteiger partial charge on any atom is 0.0892 e. The van der Waals surface area contributed by atoms with Gasteiger partial charge in [-0.05, 0) is 73.1 Å². The second kappa shape index (κ2) is 9.72. The van der Waals surface area contributed by atoms with Gasteiger partial charge in [-0.25, -0.2) is 0 Å². The van der Waals surface area contributed by atoms with Gasteiger partial charge in [0.25, 0.3) is 0 Å². The molecule has 1 rings (SSSR count). The van der Waals surface area contributed by atoms with Crippen LogP contribution in [0.25, 0.3) is 0 Å². The van der Waals surface area contributed by atoms with E-state index in [9.17, 15) is 0 Å². The fraction of sp³-hybridized carbons (Fsp3) is 0.700. The molecule has 0 aliphatic carbocycles. The molecule has 126 valence electrons. The van der Waals surface area contributed by atoms with Gasteiger partial charge in [0.1, 0.15) is 0 Å². The number of epoxide rings is 1. The summed E-state index contributed by atoms with van der Waals surface area (Å²) in [5, 5.41) is 0.967. The summed E-state index contributed by atoms with van der Waals surface area (Å²) < 4.78 is 5.63. The van der Waals surface area contributed by atoms with Crippen molar-refractivity contribution in [2.45, 2.75) is 84.8 Å². The van der Waals surface area contributed by atoms with E-state index in [0.717, 1.165) is 11.8 Å². The number of ether oxygens (including phenoxy) is 1. The average Bonchev–Trinajstić information content (AvgIpc) is 3.04. The molecule has 1 atom stereocenters. The lowest BCUT2D eigenvalue weighted by molar-refractivity contribution is 0.320. The molecule has 2 heteroatoms. The van der Waals surface area contributed by atoms with Crippen LogP contribution in [0.15, 0.2) is 34.9 Å². The van der Waals surface area contributed by atoms with Crippen LogP contribution in [0.5, 0.6) is 0 Å². The predicted molar refractivity (Wildman–Crippen MR) is 102 cm³/mol. The van der Waals surface area contributed by atoms with Gasteiger partial charge in [-0.15, -0.1) is 0 Å². The highest BCUT2D eigenvalue weighted by molar-refractivity contribution is 9.09. The Morgan fingerprint density at radius 1 is 0.909 bits per heavy atom. The number of hydrogen-bond acceptors (Lipinski definition) is 1. The van der Waals surface area contributed by atoms with E-state index in [4.69, 9.17) is 4.74 Å². The number of alkyl halides is 1. The van der Waals surface area contributed by atoms with Crippen molar-refractivity contribution in [1.82, 2.24) is 0 Å². The molecule has 0 aromatic carbocycles. The molecule has 0 bridgehead atoms. The molecule has 0 aromatic rings. The van der Waals surface area contributed by atoms with Gasteiger partial charge in [-0.3, -0.25) is 0 Å². The van der Waals surface area contributed by atoms with Crippen LogP contribution in [-0.4, -0.2) is 17.0 Å². The van der Waals surface area contributed by atoms with E-state index in [0.29, 0.717) is 6.10 Å². The SMILES string of the molecule is C/C(=C\CBr)CC/C=C(\C)CC/C=C(\C)CC[C@@H]1OC1(C)C. The molecule has 1 aliphatic rings. The van der Waals surface area contributed by atoms with Crippen molar-refractivity contribution in [2.75, 3.05) is 5.33 Å². The summed E-state index contributed by atoms with van der Waals surface area (Å²) in [5.41, 5.74) is 4.64. The average molecular weight is 369 g/mol. The molecule has 1 saturated heterocycles. The van der Waals surface area contributed by atoms with E-state index in [1.807, 2.05) is 0 Å². The van der Waals surface area contributed by atoms with E-state index >= 15 is 0 Å². The smallest absolute Gasteiger partial charge is 0.0892 e. The summed E-state index contributed by atoms with van der Waals surface area (Å²) in [6.07, 6.45) is 14.6. The number of rotatable bonds is 10. The van der Waals surface area contributed by atoms with E-state index < -0.39 is 0 Å². The van der Waals surface area contributed by atoms with Gasteiger partial charge in [0.2, 0.25) is 0 Å². The maximum atomic E-state index is 5.63. The summed E-state index contributed by atoms with van der Waals surface area (Å²) in [6, 6.07) is 0. The van der Waals surface area contributed by atoms with Gasteiger partial charge >= 0.3 is 0 Å². The van der Waals surface area contributed by atoms with Crippen molar-refractivity contribution >= 4 is 15.9 Å². The highest BCUT2D eigenvalue weighted by Gasteiger charge is 2.46. The topological polar surface area (TPSA) is 12.5 Å². The minimum Gasteiger partial charge on any atom is -0.367 e. The molecular formula is C20H33BrO. The third-order valence-electron chi connectivity index (χ3n) is 4.45. The Kier molecular flexibility index (Phi) is 8.71. The van der Waals surface area contributed by atoms with Gasteiger partial charge in [0, 0.05) is 5.33 Å².